The van der Waals surface area contributed by atoms with E-state index < -0.39 is 0 Å². The van der Waals surface area contributed by atoms with E-state index in [2.05, 4.69) is 21.6 Å². The fourth-order valence-corrected chi connectivity index (χ4v) is 2.00. The number of benzene rings is 1. The first-order valence-corrected chi connectivity index (χ1v) is 6.84. The Kier molecular flexibility index (Phi) is 5.32. The number of amides is 2. The van der Waals surface area contributed by atoms with Gasteiger partial charge in [0.05, 0.1) is 0 Å². The van der Waals surface area contributed by atoms with Crippen molar-refractivity contribution in [2.45, 2.75) is 0 Å². The van der Waals surface area contributed by atoms with Gasteiger partial charge in [-0.05, 0) is 18.2 Å². The number of anilines is 1. The van der Waals surface area contributed by atoms with Crippen LogP contribution >= 0.6 is 11.6 Å². The molecule has 0 aliphatic rings. The van der Waals surface area contributed by atoms with Gasteiger partial charge >= 0.3 is 0 Å². The van der Waals surface area contributed by atoms with Crippen LogP contribution in [0.25, 0.3) is 0 Å². The van der Waals surface area contributed by atoms with Gasteiger partial charge in [-0.25, -0.2) is 0 Å². The maximum atomic E-state index is 12.4. The summed E-state index contributed by atoms with van der Waals surface area (Å²) in [6, 6.07) is 8.05. The molecule has 114 valence electrons. The van der Waals surface area contributed by atoms with Crippen molar-refractivity contribution < 1.29 is 14.1 Å². The summed E-state index contributed by atoms with van der Waals surface area (Å²) in [7, 11) is 0. The molecule has 22 heavy (non-hydrogen) atoms. The van der Waals surface area contributed by atoms with Crippen LogP contribution in [0.4, 0.5) is 5.82 Å². The van der Waals surface area contributed by atoms with Crippen LogP contribution in [0.15, 0.2) is 53.8 Å². The summed E-state index contributed by atoms with van der Waals surface area (Å²) in [6.45, 7) is 3.70. The highest BCUT2D eigenvalue weighted by Crippen LogP contribution is 2.13. The van der Waals surface area contributed by atoms with Crippen molar-refractivity contribution in [3.63, 3.8) is 0 Å². The molecule has 2 aromatic rings. The molecule has 0 radical (unpaired) electrons. The first-order valence-electron chi connectivity index (χ1n) is 6.46. The van der Waals surface area contributed by atoms with Gasteiger partial charge in [0, 0.05) is 23.2 Å². The second-order valence-electron chi connectivity index (χ2n) is 4.42. The molecular weight excluding hydrogens is 306 g/mol. The van der Waals surface area contributed by atoms with Crippen LogP contribution in [-0.2, 0) is 4.79 Å². The zero-order valence-electron chi connectivity index (χ0n) is 11.7. The standard InChI is InChI=1S/C15H14ClN3O3/c1-2-7-19(10-14(20)17-13-6-8-22-18-13)15(21)11-4-3-5-12(16)9-11/h2-6,8-9H,1,7,10H2,(H,17,18,20). The third kappa shape index (κ3) is 4.20. The predicted octanol–water partition coefficient (Wildman–Crippen LogP) is 2.59. The van der Waals surface area contributed by atoms with Gasteiger partial charge in [-0.15, -0.1) is 6.58 Å². The van der Waals surface area contributed by atoms with Crippen molar-refractivity contribution in [1.29, 1.82) is 0 Å². The molecule has 0 aliphatic heterocycles. The van der Waals surface area contributed by atoms with Crippen LogP contribution in [-0.4, -0.2) is 35.0 Å². The fourth-order valence-electron chi connectivity index (χ4n) is 1.81. The van der Waals surface area contributed by atoms with Crippen molar-refractivity contribution in [1.82, 2.24) is 10.1 Å². The smallest absolute Gasteiger partial charge is 0.254 e. The minimum Gasteiger partial charge on any atom is -0.363 e. The van der Waals surface area contributed by atoms with Crippen molar-refractivity contribution in [2.24, 2.45) is 0 Å². The predicted molar refractivity (Wildman–Crippen MR) is 82.7 cm³/mol. The second kappa shape index (κ2) is 7.42. The van der Waals surface area contributed by atoms with Crippen molar-refractivity contribution in [3.05, 3.63) is 59.8 Å². The van der Waals surface area contributed by atoms with Crippen LogP contribution in [0.2, 0.25) is 5.02 Å². The van der Waals surface area contributed by atoms with E-state index >= 15 is 0 Å². The summed E-state index contributed by atoms with van der Waals surface area (Å²) in [4.78, 5) is 25.7. The molecule has 7 heteroatoms. The summed E-state index contributed by atoms with van der Waals surface area (Å²) in [5, 5.41) is 6.56. The summed E-state index contributed by atoms with van der Waals surface area (Å²) in [6.07, 6.45) is 2.89. The first kappa shape index (κ1) is 15.8. The largest absolute Gasteiger partial charge is 0.363 e. The number of carbonyl (C=O) groups excluding carboxylic acids is 2. The van der Waals surface area contributed by atoms with E-state index in [0.717, 1.165) is 0 Å². The summed E-state index contributed by atoms with van der Waals surface area (Å²) in [5.41, 5.74) is 0.406. The monoisotopic (exact) mass is 319 g/mol. The molecule has 0 saturated heterocycles. The highest BCUT2D eigenvalue weighted by Gasteiger charge is 2.18. The lowest BCUT2D eigenvalue weighted by molar-refractivity contribution is -0.116. The van der Waals surface area contributed by atoms with Gasteiger partial charge in [0.2, 0.25) is 5.91 Å². The van der Waals surface area contributed by atoms with Gasteiger partial charge in [-0.1, -0.05) is 28.9 Å². The Bertz CT molecular complexity index is 670. The number of aromatic nitrogens is 1. The first-order chi connectivity index (χ1) is 10.6. The maximum Gasteiger partial charge on any atom is 0.254 e. The van der Waals surface area contributed by atoms with Crippen LogP contribution < -0.4 is 5.32 Å². The molecule has 2 rings (SSSR count). The van der Waals surface area contributed by atoms with E-state index in [1.54, 1.807) is 30.3 Å². The van der Waals surface area contributed by atoms with E-state index in [1.165, 1.54) is 17.2 Å². The molecule has 0 atom stereocenters. The Morgan fingerprint density at radius 3 is 2.86 bits per heavy atom. The average molecular weight is 320 g/mol. The molecule has 0 unspecified atom stereocenters. The third-order valence-electron chi connectivity index (χ3n) is 2.75. The van der Waals surface area contributed by atoms with Crippen LogP contribution in [0.1, 0.15) is 10.4 Å². The van der Waals surface area contributed by atoms with Gasteiger partial charge in [0.25, 0.3) is 5.91 Å². The summed E-state index contributed by atoms with van der Waals surface area (Å²) >= 11 is 5.88. The van der Waals surface area contributed by atoms with Crippen molar-refractivity contribution in [2.75, 3.05) is 18.4 Å². The molecule has 1 heterocycles. The van der Waals surface area contributed by atoms with E-state index in [0.29, 0.717) is 16.4 Å². The number of nitrogens with one attached hydrogen (secondary N) is 1. The maximum absolute atomic E-state index is 12.4. The minimum atomic E-state index is -0.383. The number of nitrogens with zero attached hydrogens (tertiary/aromatic N) is 2. The van der Waals surface area contributed by atoms with Gasteiger partial charge in [-0.2, -0.15) is 0 Å². The van der Waals surface area contributed by atoms with E-state index in [9.17, 15) is 9.59 Å². The molecule has 0 bridgehead atoms. The lowest BCUT2D eigenvalue weighted by atomic mass is 10.2. The van der Waals surface area contributed by atoms with Crippen molar-refractivity contribution >= 4 is 29.2 Å². The Hall–Kier alpha value is -2.60. The normalized spacial score (nSPS) is 10.0. The molecule has 1 N–H and O–H groups in total. The SMILES string of the molecule is C=CCN(CC(=O)Nc1ccon1)C(=O)c1cccc(Cl)c1. The van der Waals surface area contributed by atoms with Gasteiger partial charge < -0.3 is 14.7 Å². The minimum absolute atomic E-state index is 0.135. The van der Waals surface area contributed by atoms with Crippen LogP contribution in [0.5, 0.6) is 0 Å². The van der Waals surface area contributed by atoms with Crippen LogP contribution in [0, 0.1) is 0 Å². The molecule has 1 aromatic carbocycles. The van der Waals surface area contributed by atoms with Gasteiger partial charge in [0.15, 0.2) is 5.82 Å². The zero-order chi connectivity index (χ0) is 15.9. The average Bonchev–Trinajstić information content (AvgIpc) is 2.99. The second-order valence-corrected chi connectivity index (χ2v) is 4.85. The van der Waals surface area contributed by atoms with E-state index in [4.69, 9.17) is 11.6 Å². The summed E-state index contributed by atoms with van der Waals surface area (Å²) < 4.78 is 4.62. The number of carbonyl (C=O) groups is 2. The molecule has 2 amide bonds. The lowest BCUT2D eigenvalue weighted by Gasteiger charge is -2.20. The molecule has 0 fully saturated rings. The van der Waals surface area contributed by atoms with Crippen molar-refractivity contribution in [3.8, 4) is 0 Å². The Labute approximate surface area is 132 Å². The topological polar surface area (TPSA) is 75.4 Å². The third-order valence-corrected chi connectivity index (χ3v) is 2.98. The molecule has 6 nitrogen and oxygen atoms in total. The fraction of sp³-hybridized carbons (Fsp3) is 0.133. The Balaban J connectivity index is 2.07. The van der Waals surface area contributed by atoms with Gasteiger partial charge in [-0.3, -0.25) is 9.59 Å². The van der Waals surface area contributed by atoms with E-state index in [-0.39, 0.29) is 24.9 Å². The van der Waals surface area contributed by atoms with Crippen LogP contribution in [0.3, 0.4) is 0 Å². The molecular formula is C15H14ClN3O3. The number of rotatable bonds is 6. The lowest BCUT2D eigenvalue weighted by Crippen LogP contribution is -2.38. The molecule has 0 spiro atoms. The number of hydrogen-bond acceptors (Lipinski definition) is 4. The summed E-state index contributed by atoms with van der Waals surface area (Å²) in [5.74, 6) is -0.400. The molecule has 1 aromatic heterocycles. The highest BCUT2D eigenvalue weighted by atomic mass is 35.5. The number of hydrogen-bond donors (Lipinski definition) is 1. The quantitative estimate of drug-likeness (QED) is 0.830. The highest BCUT2D eigenvalue weighted by molar-refractivity contribution is 6.31. The molecule has 0 saturated carbocycles. The van der Waals surface area contributed by atoms with E-state index in [1.807, 2.05) is 0 Å². The van der Waals surface area contributed by atoms with Gasteiger partial charge in [0.1, 0.15) is 12.8 Å². The number of halogens is 1. The molecule has 0 aliphatic carbocycles. The zero-order valence-corrected chi connectivity index (χ0v) is 12.4. The Morgan fingerprint density at radius 2 is 2.23 bits per heavy atom. The Morgan fingerprint density at radius 1 is 1.41 bits per heavy atom.